The van der Waals surface area contributed by atoms with E-state index in [-0.39, 0.29) is 37.3 Å². The van der Waals surface area contributed by atoms with Crippen molar-refractivity contribution < 1.29 is 32.6 Å². The van der Waals surface area contributed by atoms with Gasteiger partial charge in [-0.25, -0.2) is 18.4 Å². The van der Waals surface area contributed by atoms with Gasteiger partial charge in [-0.2, -0.15) is 0 Å². The van der Waals surface area contributed by atoms with Crippen LogP contribution >= 0.6 is 23.2 Å². The second kappa shape index (κ2) is 15.1. The van der Waals surface area contributed by atoms with E-state index in [0.717, 1.165) is 11.1 Å². The van der Waals surface area contributed by atoms with E-state index < -0.39 is 35.9 Å². The fourth-order valence-electron chi connectivity index (χ4n) is 5.15. The Morgan fingerprint density at radius 2 is 1.20 bits per heavy atom. The molecule has 0 saturated carbocycles. The van der Waals surface area contributed by atoms with Crippen LogP contribution in [0.4, 0.5) is 18.4 Å². The Balaban J connectivity index is 0.000000246. The van der Waals surface area contributed by atoms with Gasteiger partial charge in [-0.1, -0.05) is 47.5 Å². The van der Waals surface area contributed by atoms with Gasteiger partial charge in [0.05, 0.1) is 13.1 Å². The molecule has 2 atom stereocenters. The molecule has 2 saturated heterocycles. The smallest absolute Gasteiger partial charge is 0.410 e. The molecule has 0 aromatic heterocycles. The lowest BCUT2D eigenvalue weighted by molar-refractivity contribution is -0.123. The summed E-state index contributed by atoms with van der Waals surface area (Å²) >= 11 is 11.8. The van der Waals surface area contributed by atoms with Crippen LogP contribution in [0.3, 0.4) is 0 Å². The molecular weight excluding hydrogens is 625 g/mol. The number of rotatable bonds is 4. The van der Waals surface area contributed by atoms with Crippen LogP contribution in [-0.2, 0) is 27.1 Å². The fraction of sp³-hybridized carbons (Fsp3) is 0.559. The summed E-state index contributed by atoms with van der Waals surface area (Å²) in [5.74, 6) is -2.79. The lowest BCUT2D eigenvalue weighted by atomic mass is 9.94. The summed E-state index contributed by atoms with van der Waals surface area (Å²) in [6.07, 6.45) is 1.31. The number of ether oxygens (including phenoxy) is 2. The normalized spacial score (nSPS) is 20.2. The molecule has 2 aromatic carbocycles. The molecule has 0 spiro atoms. The summed E-state index contributed by atoms with van der Waals surface area (Å²) in [6, 6.07) is 14.5. The standard InChI is InChI=1S/C17H22ClF2NO2.C17H22ClNO3/c1-16(2,3)23-15(22)21-11-17(19,20)9-8-14(21)10-12-4-6-13(18)7-5-12;1-17(2,3)22-16(21)19-11-15(20)9-8-14(19)10-12-4-6-13(18)7-5-12/h4-7,14H,8-11H2,1-3H3;4-7,14H,8-11H2,1-3H3/t2*14-/m11/s1. The molecule has 45 heavy (non-hydrogen) atoms. The molecule has 0 bridgehead atoms. The van der Waals surface area contributed by atoms with E-state index in [1.54, 1.807) is 37.8 Å². The average Bonchev–Trinajstić information content (AvgIpc) is 2.91. The lowest BCUT2D eigenvalue weighted by Gasteiger charge is -2.40. The number of amides is 2. The number of nitrogens with zero attached hydrogens (tertiary/aromatic N) is 2. The minimum Gasteiger partial charge on any atom is -0.444 e. The summed E-state index contributed by atoms with van der Waals surface area (Å²) in [6.45, 7) is 10.2. The highest BCUT2D eigenvalue weighted by atomic mass is 35.5. The zero-order chi connectivity index (χ0) is 33.6. The van der Waals surface area contributed by atoms with Crippen molar-refractivity contribution in [1.29, 1.82) is 0 Å². The van der Waals surface area contributed by atoms with Gasteiger partial charge >= 0.3 is 12.2 Å². The Hall–Kier alpha value is -2.91. The summed E-state index contributed by atoms with van der Waals surface area (Å²) < 4.78 is 38.2. The van der Waals surface area contributed by atoms with Crippen molar-refractivity contribution in [3.63, 3.8) is 0 Å². The highest BCUT2D eigenvalue weighted by Gasteiger charge is 2.43. The first-order valence-corrected chi connectivity index (χ1v) is 15.9. The molecule has 2 fully saturated rings. The SMILES string of the molecule is CC(C)(C)OC(=O)N1CC(=O)CC[C@@H]1Cc1ccc(Cl)cc1.CC(C)(C)OC(=O)N1CC(F)(F)CC[C@@H]1Cc1ccc(Cl)cc1. The maximum atomic E-state index is 13.7. The van der Waals surface area contributed by atoms with Gasteiger partial charge in [0.25, 0.3) is 5.92 Å². The van der Waals surface area contributed by atoms with Gasteiger partial charge in [-0.05, 0) is 103 Å². The summed E-state index contributed by atoms with van der Waals surface area (Å²) in [5, 5.41) is 1.31. The fourth-order valence-corrected chi connectivity index (χ4v) is 5.40. The van der Waals surface area contributed by atoms with Gasteiger partial charge in [0.2, 0.25) is 0 Å². The molecule has 0 radical (unpaired) electrons. The highest BCUT2D eigenvalue weighted by Crippen LogP contribution is 2.33. The van der Waals surface area contributed by atoms with E-state index in [0.29, 0.717) is 35.7 Å². The molecule has 4 rings (SSSR count). The molecule has 11 heteroatoms. The van der Waals surface area contributed by atoms with Gasteiger partial charge in [0.1, 0.15) is 11.2 Å². The van der Waals surface area contributed by atoms with E-state index in [1.807, 2.05) is 57.2 Å². The second-order valence-electron chi connectivity index (χ2n) is 13.7. The monoisotopic (exact) mass is 668 g/mol. The molecule has 0 aliphatic carbocycles. The zero-order valence-electron chi connectivity index (χ0n) is 26.9. The van der Waals surface area contributed by atoms with E-state index in [9.17, 15) is 23.2 Å². The third-order valence-corrected chi connectivity index (χ3v) is 7.76. The summed E-state index contributed by atoms with van der Waals surface area (Å²) in [5.41, 5.74) is 0.771. The first-order chi connectivity index (χ1) is 20.8. The zero-order valence-corrected chi connectivity index (χ0v) is 28.4. The molecule has 2 aliphatic heterocycles. The molecule has 2 amide bonds. The summed E-state index contributed by atoms with van der Waals surface area (Å²) in [7, 11) is 0. The maximum Gasteiger partial charge on any atom is 0.410 e. The summed E-state index contributed by atoms with van der Waals surface area (Å²) in [4.78, 5) is 39.1. The van der Waals surface area contributed by atoms with E-state index in [4.69, 9.17) is 32.7 Å². The van der Waals surface area contributed by atoms with Crippen LogP contribution in [-0.4, -0.2) is 70.1 Å². The molecule has 2 heterocycles. The van der Waals surface area contributed by atoms with Gasteiger partial charge in [0.15, 0.2) is 5.78 Å². The Labute approximate surface area is 275 Å². The minimum absolute atomic E-state index is 0.0197. The van der Waals surface area contributed by atoms with Gasteiger partial charge in [-0.15, -0.1) is 0 Å². The molecule has 2 aromatic rings. The molecule has 0 N–H and O–H groups in total. The predicted molar refractivity (Wildman–Crippen MR) is 172 cm³/mol. The van der Waals surface area contributed by atoms with Crippen LogP contribution in [0.1, 0.15) is 78.4 Å². The maximum absolute atomic E-state index is 13.7. The van der Waals surface area contributed by atoms with Gasteiger partial charge in [-0.3, -0.25) is 14.6 Å². The number of alkyl halides is 2. The van der Waals surface area contributed by atoms with E-state index >= 15 is 0 Å². The molecular formula is C34H44Cl2F2N2O5. The van der Waals surface area contributed by atoms with Crippen molar-refractivity contribution in [1.82, 2.24) is 9.80 Å². The first-order valence-electron chi connectivity index (χ1n) is 15.2. The minimum atomic E-state index is -2.87. The van der Waals surface area contributed by atoms with Crippen molar-refractivity contribution in [3.8, 4) is 0 Å². The average molecular weight is 670 g/mol. The predicted octanol–water partition coefficient (Wildman–Crippen LogP) is 8.77. The van der Waals surface area contributed by atoms with Gasteiger partial charge < -0.3 is 9.47 Å². The number of likely N-dealkylation sites (tertiary alicyclic amines) is 2. The van der Waals surface area contributed by atoms with Crippen molar-refractivity contribution >= 4 is 41.2 Å². The van der Waals surface area contributed by atoms with Crippen LogP contribution in [0.25, 0.3) is 0 Å². The Morgan fingerprint density at radius 3 is 1.64 bits per heavy atom. The number of benzene rings is 2. The van der Waals surface area contributed by atoms with Crippen LogP contribution in [0.2, 0.25) is 10.0 Å². The number of hydrogen-bond acceptors (Lipinski definition) is 5. The van der Waals surface area contributed by atoms with Crippen LogP contribution in [0.15, 0.2) is 48.5 Å². The second-order valence-corrected chi connectivity index (χ2v) is 14.5. The number of hydrogen-bond donors (Lipinski definition) is 0. The van der Waals surface area contributed by atoms with E-state index in [2.05, 4.69) is 0 Å². The number of Topliss-reactive ketones (excluding diaryl/α,β-unsaturated/α-hetero) is 1. The van der Waals surface area contributed by atoms with Crippen molar-refractivity contribution in [2.75, 3.05) is 13.1 Å². The third kappa shape index (κ3) is 12.4. The number of carbonyl (C=O) groups excluding carboxylic acids is 3. The number of piperidine rings is 2. The van der Waals surface area contributed by atoms with Crippen LogP contribution < -0.4 is 0 Å². The third-order valence-electron chi connectivity index (χ3n) is 7.25. The van der Waals surface area contributed by atoms with Crippen LogP contribution in [0.5, 0.6) is 0 Å². The van der Waals surface area contributed by atoms with E-state index in [1.165, 1.54) is 4.90 Å². The van der Waals surface area contributed by atoms with Crippen molar-refractivity contribution in [2.24, 2.45) is 0 Å². The number of ketones is 1. The molecule has 0 unspecified atom stereocenters. The van der Waals surface area contributed by atoms with Crippen molar-refractivity contribution in [3.05, 3.63) is 69.7 Å². The number of halogens is 4. The Morgan fingerprint density at radius 1 is 0.778 bits per heavy atom. The topological polar surface area (TPSA) is 76.1 Å². The Kier molecular flexibility index (Phi) is 12.3. The Bertz CT molecular complexity index is 1310. The van der Waals surface area contributed by atoms with Gasteiger partial charge in [0, 0.05) is 35.0 Å². The van der Waals surface area contributed by atoms with Crippen molar-refractivity contribution in [2.45, 2.75) is 109 Å². The molecule has 7 nitrogen and oxygen atoms in total. The largest absolute Gasteiger partial charge is 0.444 e. The quantitative estimate of drug-likeness (QED) is 0.326. The first kappa shape index (κ1) is 36.6. The molecule has 248 valence electrons. The highest BCUT2D eigenvalue weighted by molar-refractivity contribution is 6.30. The lowest BCUT2D eigenvalue weighted by Crippen LogP contribution is -2.53. The number of carbonyl (C=O) groups is 3. The molecule has 2 aliphatic rings. The van der Waals surface area contributed by atoms with Crippen LogP contribution in [0, 0.1) is 0 Å².